The molecule has 0 radical (unpaired) electrons. The maximum absolute atomic E-state index is 12.4. The van der Waals surface area contributed by atoms with Gasteiger partial charge in [-0.05, 0) is 36.8 Å². The molecule has 0 fully saturated rings. The summed E-state index contributed by atoms with van der Waals surface area (Å²) in [7, 11) is 1.58. The summed E-state index contributed by atoms with van der Waals surface area (Å²) >= 11 is 4.92. The normalized spacial score (nSPS) is 10.4. The van der Waals surface area contributed by atoms with Crippen molar-refractivity contribution in [1.29, 1.82) is 0 Å². The van der Waals surface area contributed by atoms with Crippen LogP contribution in [0.5, 0.6) is 5.75 Å². The monoisotopic (exact) mass is 324 g/mol. The molecule has 0 amide bonds. The summed E-state index contributed by atoms with van der Waals surface area (Å²) in [6, 6.07) is 9.34. The summed E-state index contributed by atoms with van der Waals surface area (Å²) in [4.78, 5) is 14.4. The standard InChI is InChI=1S/C14H13BrO2S/c1-3-10-5-7-13(18-10)14(16)11-8-9(15)4-6-12(11)17-2/h4-8H,3H2,1-2H3. The minimum Gasteiger partial charge on any atom is -0.496 e. The van der Waals surface area contributed by atoms with Crippen LogP contribution < -0.4 is 4.74 Å². The van der Waals surface area contributed by atoms with E-state index in [1.807, 2.05) is 18.2 Å². The zero-order chi connectivity index (χ0) is 13.1. The van der Waals surface area contributed by atoms with Gasteiger partial charge in [0.1, 0.15) is 5.75 Å². The van der Waals surface area contributed by atoms with Crippen LogP contribution in [0.1, 0.15) is 27.0 Å². The Morgan fingerprint density at radius 2 is 2.11 bits per heavy atom. The van der Waals surface area contributed by atoms with Gasteiger partial charge in [-0.2, -0.15) is 0 Å². The molecular formula is C14H13BrO2S. The van der Waals surface area contributed by atoms with Gasteiger partial charge in [-0.25, -0.2) is 0 Å². The maximum atomic E-state index is 12.4. The van der Waals surface area contributed by atoms with Crippen LogP contribution in [0.2, 0.25) is 0 Å². The van der Waals surface area contributed by atoms with Crippen molar-refractivity contribution in [3.8, 4) is 5.75 Å². The summed E-state index contributed by atoms with van der Waals surface area (Å²) in [5, 5.41) is 0. The Morgan fingerprint density at radius 1 is 1.33 bits per heavy atom. The summed E-state index contributed by atoms with van der Waals surface area (Å²) < 4.78 is 6.11. The number of benzene rings is 1. The van der Waals surface area contributed by atoms with Crippen molar-refractivity contribution in [2.24, 2.45) is 0 Å². The van der Waals surface area contributed by atoms with Gasteiger partial charge in [0, 0.05) is 9.35 Å². The molecule has 0 aliphatic carbocycles. The van der Waals surface area contributed by atoms with E-state index < -0.39 is 0 Å². The maximum Gasteiger partial charge on any atom is 0.206 e. The van der Waals surface area contributed by atoms with Crippen LogP contribution in [0.3, 0.4) is 0 Å². The fourth-order valence-electron chi connectivity index (χ4n) is 1.68. The van der Waals surface area contributed by atoms with E-state index in [1.165, 1.54) is 4.88 Å². The largest absolute Gasteiger partial charge is 0.496 e. The molecular weight excluding hydrogens is 312 g/mol. The zero-order valence-corrected chi connectivity index (χ0v) is 12.6. The molecule has 94 valence electrons. The number of ketones is 1. The molecule has 1 heterocycles. The van der Waals surface area contributed by atoms with Crippen molar-refractivity contribution in [1.82, 2.24) is 0 Å². The third-order valence-electron chi connectivity index (χ3n) is 2.64. The fourth-order valence-corrected chi connectivity index (χ4v) is 2.94. The fraction of sp³-hybridized carbons (Fsp3) is 0.214. The number of rotatable bonds is 4. The van der Waals surface area contributed by atoms with Crippen molar-refractivity contribution in [3.63, 3.8) is 0 Å². The van der Waals surface area contributed by atoms with E-state index in [1.54, 1.807) is 30.6 Å². The Kier molecular flexibility index (Phi) is 4.19. The molecule has 0 unspecified atom stereocenters. The second-order valence-electron chi connectivity index (χ2n) is 3.79. The van der Waals surface area contributed by atoms with E-state index >= 15 is 0 Å². The Labute approximate surface area is 119 Å². The minimum atomic E-state index is 0.0119. The molecule has 0 atom stereocenters. The van der Waals surface area contributed by atoms with Gasteiger partial charge in [-0.1, -0.05) is 22.9 Å². The number of hydrogen-bond donors (Lipinski definition) is 0. The summed E-state index contributed by atoms with van der Waals surface area (Å²) in [6.45, 7) is 2.08. The van der Waals surface area contributed by atoms with Crippen LogP contribution in [0.25, 0.3) is 0 Å². The summed E-state index contributed by atoms with van der Waals surface area (Å²) in [6.07, 6.45) is 0.952. The van der Waals surface area contributed by atoms with Gasteiger partial charge in [0.15, 0.2) is 0 Å². The van der Waals surface area contributed by atoms with Crippen LogP contribution in [0.4, 0.5) is 0 Å². The quantitative estimate of drug-likeness (QED) is 0.783. The molecule has 0 saturated carbocycles. The van der Waals surface area contributed by atoms with Crippen LogP contribution in [-0.4, -0.2) is 12.9 Å². The van der Waals surface area contributed by atoms with Gasteiger partial charge < -0.3 is 4.74 Å². The highest BCUT2D eigenvalue weighted by Gasteiger charge is 2.16. The van der Waals surface area contributed by atoms with Gasteiger partial charge in [-0.3, -0.25) is 4.79 Å². The number of ether oxygens (including phenoxy) is 1. The zero-order valence-electron chi connectivity index (χ0n) is 10.2. The number of thiophene rings is 1. The van der Waals surface area contributed by atoms with Gasteiger partial charge in [0.25, 0.3) is 0 Å². The average Bonchev–Trinajstić information content (AvgIpc) is 2.86. The third-order valence-corrected chi connectivity index (χ3v) is 4.36. The molecule has 0 spiro atoms. The predicted octanol–water partition coefficient (Wildman–Crippen LogP) is 4.31. The number of carbonyl (C=O) groups is 1. The highest BCUT2D eigenvalue weighted by molar-refractivity contribution is 9.10. The molecule has 18 heavy (non-hydrogen) atoms. The molecule has 1 aromatic carbocycles. The Bertz CT molecular complexity index is 575. The lowest BCUT2D eigenvalue weighted by atomic mass is 10.1. The lowest BCUT2D eigenvalue weighted by molar-refractivity contribution is 0.103. The summed E-state index contributed by atoms with van der Waals surface area (Å²) in [5.74, 6) is 0.618. The second kappa shape index (κ2) is 5.67. The Hall–Kier alpha value is -1.13. The highest BCUT2D eigenvalue weighted by Crippen LogP contribution is 2.28. The number of halogens is 1. The lowest BCUT2D eigenvalue weighted by Crippen LogP contribution is -2.01. The molecule has 0 N–H and O–H groups in total. The number of aryl methyl sites for hydroxylation is 1. The smallest absolute Gasteiger partial charge is 0.206 e. The van der Waals surface area contributed by atoms with Gasteiger partial charge >= 0.3 is 0 Å². The molecule has 2 rings (SSSR count). The average molecular weight is 325 g/mol. The molecule has 0 bridgehead atoms. The molecule has 4 heteroatoms. The number of carbonyl (C=O) groups excluding carboxylic acids is 1. The van der Waals surface area contributed by atoms with Crippen molar-refractivity contribution < 1.29 is 9.53 Å². The molecule has 0 aliphatic heterocycles. The van der Waals surface area contributed by atoms with Crippen LogP contribution in [0.15, 0.2) is 34.8 Å². The Balaban J connectivity index is 2.41. The summed E-state index contributed by atoms with van der Waals surface area (Å²) in [5.41, 5.74) is 0.594. The molecule has 2 aromatic rings. The molecule has 0 aliphatic rings. The lowest BCUT2D eigenvalue weighted by Gasteiger charge is -2.06. The van der Waals surface area contributed by atoms with E-state index in [0.717, 1.165) is 15.8 Å². The Morgan fingerprint density at radius 3 is 2.72 bits per heavy atom. The third kappa shape index (κ3) is 2.65. The highest BCUT2D eigenvalue weighted by atomic mass is 79.9. The van der Waals surface area contributed by atoms with E-state index in [9.17, 15) is 4.79 Å². The van der Waals surface area contributed by atoms with Crippen LogP contribution in [-0.2, 0) is 6.42 Å². The van der Waals surface area contributed by atoms with Crippen molar-refractivity contribution in [2.75, 3.05) is 7.11 Å². The first kappa shape index (κ1) is 13.3. The minimum absolute atomic E-state index is 0.0119. The molecule has 2 nitrogen and oxygen atoms in total. The first-order chi connectivity index (χ1) is 8.65. The van der Waals surface area contributed by atoms with Gasteiger partial charge in [0.05, 0.1) is 17.6 Å². The van der Waals surface area contributed by atoms with E-state index in [2.05, 4.69) is 22.9 Å². The second-order valence-corrected chi connectivity index (χ2v) is 5.88. The molecule has 1 aromatic heterocycles. The van der Waals surface area contributed by atoms with Crippen LogP contribution in [0, 0.1) is 0 Å². The van der Waals surface area contributed by atoms with Crippen molar-refractivity contribution in [2.45, 2.75) is 13.3 Å². The van der Waals surface area contributed by atoms with E-state index in [4.69, 9.17) is 4.74 Å². The number of methoxy groups -OCH3 is 1. The van der Waals surface area contributed by atoms with Gasteiger partial charge in [-0.15, -0.1) is 11.3 Å². The predicted molar refractivity (Wildman–Crippen MR) is 77.8 cm³/mol. The van der Waals surface area contributed by atoms with Crippen molar-refractivity contribution in [3.05, 3.63) is 50.1 Å². The first-order valence-corrected chi connectivity index (χ1v) is 7.23. The van der Waals surface area contributed by atoms with E-state index in [-0.39, 0.29) is 5.78 Å². The van der Waals surface area contributed by atoms with Crippen molar-refractivity contribution >= 4 is 33.0 Å². The number of hydrogen-bond acceptors (Lipinski definition) is 3. The SMILES string of the molecule is CCc1ccc(C(=O)c2cc(Br)ccc2OC)s1. The van der Waals surface area contributed by atoms with Crippen LogP contribution >= 0.6 is 27.3 Å². The molecule has 0 saturated heterocycles. The van der Waals surface area contributed by atoms with Gasteiger partial charge in [0.2, 0.25) is 5.78 Å². The van der Waals surface area contributed by atoms with E-state index in [0.29, 0.717) is 11.3 Å². The first-order valence-electron chi connectivity index (χ1n) is 5.62. The topological polar surface area (TPSA) is 26.3 Å².